The normalized spacial score (nSPS) is 14.3. The van der Waals surface area contributed by atoms with Crippen molar-refractivity contribution in [2.24, 2.45) is 0 Å². The average molecular weight is 538 g/mol. The number of carbonyl (C=O) groups excluding carboxylic acids is 1. The summed E-state index contributed by atoms with van der Waals surface area (Å²) in [6, 6.07) is -0.824. The van der Waals surface area contributed by atoms with E-state index in [0.29, 0.717) is 12.8 Å². The van der Waals surface area contributed by atoms with Crippen molar-refractivity contribution in [2.45, 2.75) is 173 Å². The summed E-state index contributed by atoms with van der Waals surface area (Å²) < 4.78 is 0. The quantitative estimate of drug-likeness (QED) is 0.0603. The van der Waals surface area contributed by atoms with Crippen LogP contribution in [0.25, 0.3) is 0 Å². The lowest BCUT2D eigenvalue weighted by atomic mass is 10.0. The number of amides is 1. The second-order valence-corrected chi connectivity index (χ2v) is 11.0. The molecule has 5 heteroatoms. The Bertz CT molecular complexity index is 563. The third-order valence-electron chi connectivity index (χ3n) is 7.27. The van der Waals surface area contributed by atoms with E-state index in [-0.39, 0.29) is 12.5 Å². The molecule has 0 saturated carbocycles. The Kier molecular flexibility index (Phi) is 27.9. The van der Waals surface area contributed by atoms with Crippen LogP contribution in [0.1, 0.15) is 155 Å². The zero-order chi connectivity index (χ0) is 28.1. The van der Waals surface area contributed by atoms with Crippen LogP contribution in [0.3, 0.4) is 0 Å². The summed E-state index contributed by atoms with van der Waals surface area (Å²) in [4.78, 5) is 12.3. The topological polar surface area (TPSA) is 89.8 Å². The Hall–Kier alpha value is -1.17. The Morgan fingerprint density at radius 1 is 0.632 bits per heavy atom. The van der Waals surface area contributed by atoms with Gasteiger partial charge in [-0.15, -0.1) is 0 Å². The van der Waals surface area contributed by atoms with Crippen LogP contribution < -0.4 is 5.32 Å². The predicted octanol–water partition coefficient (Wildman–Crippen LogP) is 7.92. The van der Waals surface area contributed by atoms with Crippen LogP contribution in [0.4, 0.5) is 0 Å². The first-order valence-corrected chi connectivity index (χ1v) is 16.1. The fourth-order valence-electron chi connectivity index (χ4n) is 4.71. The van der Waals surface area contributed by atoms with Crippen LogP contribution >= 0.6 is 0 Å². The minimum absolute atomic E-state index is 0.162. The van der Waals surface area contributed by atoms with Crippen LogP contribution in [0.2, 0.25) is 0 Å². The molecule has 1 amide bonds. The Morgan fingerprint density at radius 3 is 1.61 bits per heavy atom. The highest BCUT2D eigenvalue weighted by molar-refractivity contribution is 5.76. The predicted molar refractivity (Wildman–Crippen MR) is 162 cm³/mol. The summed E-state index contributed by atoms with van der Waals surface area (Å²) >= 11 is 0. The molecular weight excluding hydrogens is 474 g/mol. The number of unbranched alkanes of at least 4 members (excludes halogenated alkanes) is 16. The van der Waals surface area contributed by atoms with Gasteiger partial charge in [-0.1, -0.05) is 128 Å². The highest BCUT2D eigenvalue weighted by Gasteiger charge is 2.26. The van der Waals surface area contributed by atoms with Crippen molar-refractivity contribution in [2.75, 3.05) is 6.61 Å². The molecule has 0 rings (SSSR count). The van der Waals surface area contributed by atoms with Crippen molar-refractivity contribution in [1.82, 2.24) is 5.32 Å². The lowest BCUT2D eigenvalue weighted by molar-refractivity contribution is -0.124. The minimum atomic E-state index is -1.16. The van der Waals surface area contributed by atoms with Gasteiger partial charge in [-0.2, -0.15) is 0 Å². The summed E-state index contributed by atoms with van der Waals surface area (Å²) in [5, 5.41) is 33.1. The molecule has 3 unspecified atom stereocenters. The third kappa shape index (κ3) is 23.9. The van der Waals surface area contributed by atoms with Gasteiger partial charge >= 0.3 is 0 Å². The van der Waals surface area contributed by atoms with E-state index in [1.54, 1.807) is 0 Å². The van der Waals surface area contributed by atoms with Gasteiger partial charge in [0.05, 0.1) is 18.8 Å². The fraction of sp³-hybridized carbons (Fsp3) is 0.848. The summed E-state index contributed by atoms with van der Waals surface area (Å²) in [6.45, 7) is 4.06. The van der Waals surface area contributed by atoms with Gasteiger partial charge in [-0.3, -0.25) is 4.79 Å². The van der Waals surface area contributed by atoms with E-state index in [1.807, 2.05) is 0 Å². The molecule has 0 bridgehead atoms. The molecule has 0 aromatic carbocycles. The van der Waals surface area contributed by atoms with E-state index in [9.17, 15) is 20.1 Å². The van der Waals surface area contributed by atoms with Gasteiger partial charge in [0.25, 0.3) is 0 Å². The molecule has 0 heterocycles. The van der Waals surface area contributed by atoms with Gasteiger partial charge in [0.1, 0.15) is 6.10 Å². The van der Waals surface area contributed by atoms with Gasteiger partial charge in [0.2, 0.25) is 5.91 Å². The molecule has 0 aromatic rings. The van der Waals surface area contributed by atoms with Gasteiger partial charge in [-0.25, -0.2) is 0 Å². The number of aliphatic hydroxyl groups excluding tert-OH is 3. The van der Waals surface area contributed by atoms with Gasteiger partial charge in [0, 0.05) is 6.42 Å². The SMILES string of the molecule is CCC/C=C/CC/C=C/CCCC(O)C(O)C(CO)NC(=O)CCCCCCCCCCCCCCCC. The van der Waals surface area contributed by atoms with Crippen molar-refractivity contribution in [3.8, 4) is 0 Å². The summed E-state index contributed by atoms with van der Waals surface area (Å²) in [5.74, 6) is -0.162. The van der Waals surface area contributed by atoms with E-state index in [2.05, 4.69) is 43.5 Å². The maximum atomic E-state index is 12.3. The molecule has 0 aromatic heterocycles. The van der Waals surface area contributed by atoms with Crippen LogP contribution in [0.15, 0.2) is 24.3 Å². The first-order chi connectivity index (χ1) is 18.6. The zero-order valence-electron chi connectivity index (χ0n) is 25.1. The van der Waals surface area contributed by atoms with Crippen LogP contribution in [0.5, 0.6) is 0 Å². The number of rotatable bonds is 28. The first kappa shape index (κ1) is 36.8. The van der Waals surface area contributed by atoms with Gasteiger partial charge in [-0.05, 0) is 44.9 Å². The Balaban J connectivity index is 3.78. The monoisotopic (exact) mass is 537 g/mol. The lowest BCUT2D eigenvalue weighted by Gasteiger charge is -2.26. The van der Waals surface area contributed by atoms with E-state index < -0.39 is 18.2 Å². The molecular formula is C33H63NO4. The van der Waals surface area contributed by atoms with E-state index in [4.69, 9.17) is 0 Å². The van der Waals surface area contributed by atoms with E-state index in [1.165, 1.54) is 77.0 Å². The molecule has 3 atom stereocenters. The molecule has 0 fully saturated rings. The molecule has 0 aliphatic carbocycles. The molecule has 4 N–H and O–H groups in total. The number of allylic oxidation sites excluding steroid dienone is 4. The number of carbonyl (C=O) groups is 1. The van der Waals surface area contributed by atoms with Crippen molar-refractivity contribution in [3.63, 3.8) is 0 Å². The number of hydrogen-bond donors (Lipinski definition) is 4. The molecule has 0 spiro atoms. The van der Waals surface area contributed by atoms with E-state index >= 15 is 0 Å². The van der Waals surface area contributed by atoms with Crippen LogP contribution in [-0.2, 0) is 4.79 Å². The minimum Gasteiger partial charge on any atom is -0.394 e. The largest absolute Gasteiger partial charge is 0.394 e. The number of hydrogen-bond acceptors (Lipinski definition) is 4. The van der Waals surface area contributed by atoms with Crippen LogP contribution in [0, 0.1) is 0 Å². The zero-order valence-corrected chi connectivity index (χ0v) is 25.1. The van der Waals surface area contributed by atoms with Crippen LogP contribution in [-0.4, -0.2) is 46.1 Å². The molecule has 224 valence electrons. The maximum absolute atomic E-state index is 12.3. The van der Waals surface area contributed by atoms with Gasteiger partial charge < -0.3 is 20.6 Å². The summed E-state index contributed by atoms with van der Waals surface area (Å²) in [5.41, 5.74) is 0. The highest BCUT2D eigenvalue weighted by Crippen LogP contribution is 2.14. The van der Waals surface area contributed by atoms with Crippen molar-refractivity contribution in [1.29, 1.82) is 0 Å². The first-order valence-electron chi connectivity index (χ1n) is 16.1. The van der Waals surface area contributed by atoms with Crippen molar-refractivity contribution >= 4 is 5.91 Å². The van der Waals surface area contributed by atoms with E-state index in [0.717, 1.165) is 51.4 Å². The Morgan fingerprint density at radius 2 is 1.11 bits per heavy atom. The molecule has 0 aliphatic heterocycles. The molecule has 5 nitrogen and oxygen atoms in total. The maximum Gasteiger partial charge on any atom is 0.220 e. The van der Waals surface area contributed by atoms with Gasteiger partial charge in [0.15, 0.2) is 0 Å². The number of nitrogens with one attached hydrogen (secondary N) is 1. The number of aliphatic hydroxyl groups is 3. The fourth-order valence-corrected chi connectivity index (χ4v) is 4.71. The van der Waals surface area contributed by atoms with Crippen molar-refractivity contribution < 1.29 is 20.1 Å². The summed E-state index contributed by atoms with van der Waals surface area (Å²) in [6.07, 6.45) is 31.2. The molecule has 38 heavy (non-hydrogen) atoms. The standard InChI is InChI=1S/C33H63NO4/c1-3-5-7-9-11-13-15-16-17-18-20-22-24-26-28-32(37)34-30(29-35)33(38)31(36)27-25-23-21-19-14-12-10-8-6-4-2/h8,10,19,21,30-31,33,35-36,38H,3-7,9,11-18,20,22-29H2,1-2H3,(H,34,37)/b10-8+,21-19+. The second kappa shape index (κ2) is 28.8. The van der Waals surface area contributed by atoms with Crippen molar-refractivity contribution in [3.05, 3.63) is 24.3 Å². The molecule has 0 radical (unpaired) electrons. The molecule has 0 saturated heterocycles. The highest BCUT2D eigenvalue weighted by atomic mass is 16.3. The smallest absolute Gasteiger partial charge is 0.220 e. The average Bonchev–Trinajstić information content (AvgIpc) is 2.92. The lowest BCUT2D eigenvalue weighted by Crippen LogP contribution is -2.50. The third-order valence-corrected chi connectivity index (χ3v) is 7.27. The Labute approximate surface area is 235 Å². The molecule has 0 aliphatic rings. The second-order valence-electron chi connectivity index (χ2n) is 11.0. The summed E-state index contributed by atoms with van der Waals surface area (Å²) in [7, 11) is 0.